The number of hydrazine groups is 1. The second-order valence-corrected chi connectivity index (χ2v) is 7.94. The largest absolute Gasteiger partial charge is 0.344 e. The average Bonchev–Trinajstić information content (AvgIpc) is 2.96. The molecule has 0 aliphatic carbocycles. The normalized spacial score (nSPS) is 17.6. The first kappa shape index (κ1) is 23.7. The van der Waals surface area contributed by atoms with Crippen LogP contribution in [0.5, 0.6) is 0 Å². The summed E-state index contributed by atoms with van der Waals surface area (Å²) in [5, 5.41) is 4.13. The lowest BCUT2D eigenvalue weighted by Crippen LogP contribution is -2.53. The Labute approximate surface area is 173 Å². The lowest BCUT2D eigenvalue weighted by atomic mass is 10.0. The molecule has 30 heavy (non-hydrogen) atoms. The molecule has 3 amide bonds. The van der Waals surface area contributed by atoms with E-state index in [0.29, 0.717) is 12.5 Å². The van der Waals surface area contributed by atoms with Gasteiger partial charge in [0.1, 0.15) is 11.9 Å². The molecule has 7 nitrogen and oxygen atoms in total. The molecule has 2 rings (SSSR count). The SMILES string of the molecule is CC(C)[C@@H](NC(=O)C[C@@H]1CCC(=O)N1Cc1cc(F)cc(F)c1F)C(=O)NN(C)C. The number of amides is 3. The molecule has 166 valence electrons. The summed E-state index contributed by atoms with van der Waals surface area (Å²) < 4.78 is 40.9. The van der Waals surface area contributed by atoms with Crippen molar-refractivity contribution in [3.8, 4) is 0 Å². The topological polar surface area (TPSA) is 81.8 Å². The summed E-state index contributed by atoms with van der Waals surface area (Å²) in [4.78, 5) is 38.3. The van der Waals surface area contributed by atoms with Crippen LogP contribution in [0.1, 0.15) is 38.7 Å². The van der Waals surface area contributed by atoms with E-state index >= 15 is 0 Å². The second kappa shape index (κ2) is 9.92. The van der Waals surface area contributed by atoms with Gasteiger partial charge in [0.25, 0.3) is 5.91 Å². The van der Waals surface area contributed by atoms with Gasteiger partial charge in [-0.1, -0.05) is 13.8 Å². The molecule has 1 heterocycles. The summed E-state index contributed by atoms with van der Waals surface area (Å²) >= 11 is 0. The van der Waals surface area contributed by atoms with Gasteiger partial charge in [-0.2, -0.15) is 0 Å². The highest BCUT2D eigenvalue weighted by atomic mass is 19.2. The van der Waals surface area contributed by atoms with E-state index in [1.165, 1.54) is 9.91 Å². The number of halogens is 3. The van der Waals surface area contributed by atoms with E-state index in [0.717, 1.165) is 6.07 Å². The highest BCUT2D eigenvalue weighted by Crippen LogP contribution is 2.26. The van der Waals surface area contributed by atoms with Crippen molar-refractivity contribution < 1.29 is 27.6 Å². The molecule has 1 aromatic rings. The van der Waals surface area contributed by atoms with Crippen molar-refractivity contribution in [1.82, 2.24) is 20.7 Å². The lowest BCUT2D eigenvalue weighted by Gasteiger charge is -2.27. The molecule has 1 aliphatic heterocycles. The van der Waals surface area contributed by atoms with E-state index in [-0.39, 0.29) is 42.7 Å². The fraction of sp³-hybridized carbons (Fsp3) is 0.550. The van der Waals surface area contributed by atoms with Gasteiger partial charge in [0, 0.05) is 51.2 Å². The van der Waals surface area contributed by atoms with Gasteiger partial charge >= 0.3 is 0 Å². The molecular formula is C20H27F3N4O3. The molecule has 0 bridgehead atoms. The Hall–Kier alpha value is -2.62. The van der Waals surface area contributed by atoms with Crippen LogP contribution in [-0.2, 0) is 20.9 Å². The molecule has 0 spiro atoms. The summed E-state index contributed by atoms with van der Waals surface area (Å²) in [6.45, 7) is 3.23. The number of carbonyl (C=O) groups excluding carboxylic acids is 3. The molecular weight excluding hydrogens is 401 g/mol. The van der Waals surface area contributed by atoms with Crippen molar-refractivity contribution >= 4 is 17.7 Å². The van der Waals surface area contributed by atoms with Gasteiger partial charge in [-0.25, -0.2) is 18.2 Å². The number of hydrogen-bond donors (Lipinski definition) is 2. The Kier molecular flexibility index (Phi) is 7.83. The Morgan fingerprint density at radius 2 is 1.90 bits per heavy atom. The first-order valence-electron chi connectivity index (χ1n) is 9.69. The number of nitrogens with zero attached hydrogens (tertiary/aromatic N) is 2. The number of carbonyl (C=O) groups is 3. The fourth-order valence-electron chi connectivity index (χ4n) is 3.40. The minimum Gasteiger partial charge on any atom is -0.344 e. The second-order valence-electron chi connectivity index (χ2n) is 7.94. The van der Waals surface area contributed by atoms with Crippen LogP contribution in [0, 0.1) is 23.4 Å². The molecule has 0 saturated carbocycles. The Morgan fingerprint density at radius 1 is 1.23 bits per heavy atom. The van der Waals surface area contributed by atoms with Gasteiger partial charge in [-0.15, -0.1) is 0 Å². The Balaban J connectivity index is 2.08. The van der Waals surface area contributed by atoms with Crippen LogP contribution in [-0.4, -0.2) is 53.8 Å². The number of rotatable bonds is 8. The van der Waals surface area contributed by atoms with Crippen LogP contribution in [0.4, 0.5) is 13.2 Å². The quantitative estimate of drug-likeness (QED) is 0.488. The summed E-state index contributed by atoms with van der Waals surface area (Å²) in [5.74, 6) is -4.84. The summed E-state index contributed by atoms with van der Waals surface area (Å²) in [7, 11) is 3.29. The summed E-state index contributed by atoms with van der Waals surface area (Å²) in [6, 6.07) is -0.0739. The zero-order valence-electron chi connectivity index (χ0n) is 17.5. The van der Waals surface area contributed by atoms with E-state index in [1.807, 2.05) is 0 Å². The minimum atomic E-state index is -1.34. The predicted octanol–water partition coefficient (Wildman–Crippen LogP) is 1.72. The van der Waals surface area contributed by atoms with Crippen molar-refractivity contribution in [2.45, 2.75) is 51.7 Å². The van der Waals surface area contributed by atoms with Crippen LogP contribution in [0.2, 0.25) is 0 Å². The Bertz CT molecular complexity index is 817. The first-order valence-corrected chi connectivity index (χ1v) is 9.69. The molecule has 2 N–H and O–H groups in total. The van der Waals surface area contributed by atoms with E-state index < -0.39 is 35.4 Å². The standard InChI is InChI=1S/C20H27F3N4O3/c1-11(2)19(20(30)25-26(3)4)24-16(28)9-14-5-6-17(29)27(14)10-12-7-13(21)8-15(22)18(12)23/h7-8,11,14,19H,5-6,9-10H2,1-4H3,(H,24,28)(H,25,30)/t14-,19+/m0/s1. The van der Waals surface area contributed by atoms with E-state index in [2.05, 4.69) is 10.7 Å². The van der Waals surface area contributed by atoms with Crippen LogP contribution in [0.25, 0.3) is 0 Å². The molecule has 1 fully saturated rings. The van der Waals surface area contributed by atoms with Gasteiger partial charge in [-0.05, 0) is 18.4 Å². The first-order chi connectivity index (χ1) is 14.0. The highest BCUT2D eigenvalue weighted by Gasteiger charge is 2.34. The van der Waals surface area contributed by atoms with Gasteiger partial charge in [0.05, 0.1) is 0 Å². The van der Waals surface area contributed by atoms with Crippen molar-refractivity contribution in [2.24, 2.45) is 5.92 Å². The van der Waals surface area contributed by atoms with Crippen LogP contribution >= 0.6 is 0 Å². The van der Waals surface area contributed by atoms with Crippen LogP contribution in [0.3, 0.4) is 0 Å². The van der Waals surface area contributed by atoms with E-state index in [1.54, 1.807) is 27.9 Å². The molecule has 0 aromatic heterocycles. The number of benzene rings is 1. The van der Waals surface area contributed by atoms with Crippen molar-refractivity contribution in [3.63, 3.8) is 0 Å². The van der Waals surface area contributed by atoms with Crippen LogP contribution < -0.4 is 10.7 Å². The van der Waals surface area contributed by atoms with Crippen molar-refractivity contribution in [3.05, 3.63) is 35.1 Å². The summed E-state index contributed by atoms with van der Waals surface area (Å²) in [6.07, 6.45) is 0.387. The van der Waals surface area contributed by atoms with Gasteiger partial charge < -0.3 is 10.2 Å². The minimum absolute atomic E-state index is 0.108. The third-order valence-corrected chi connectivity index (χ3v) is 4.88. The molecule has 1 aromatic carbocycles. The average molecular weight is 428 g/mol. The number of nitrogens with one attached hydrogen (secondary N) is 2. The van der Waals surface area contributed by atoms with Crippen LogP contribution in [0.15, 0.2) is 12.1 Å². The highest BCUT2D eigenvalue weighted by molar-refractivity contribution is 5.88. The molecule has 1 aliphatic rings. The maximum Gasteiger partial charge on any atom is 0.257 e. The maximum absolute atomic E-state index is 14.0. The third-order valence-electron chi connectivity index (χ3n) is 4.88. The van der Waals surface area contributed by atoms with E-state index in [9.17, 15) is 27.6 Å². The monoisotopic (exact) mass is 428 g/mol. The number of hydrogen-bond acceptors (Lipinski definition) is 4. The molecule has 1 saturated heterocycles. The van der Waals surface area contributed by atoms with Crippen molar-refractivity contribution in [1.29, 1.82) is 0 Å². The zero-order chi connectivity index (χ0) is 22.6. The smallest absolute Gasteiger partial charge is 0.257 e. The molecule has 0 unspecified atom stereocenters. The molecule has 10 heteroatoms. The fourth-order valence-corrected chi connectivity index (χ4v) is 3.40. The van der Waals surface area contributed by atoms with Gasteiger partial charge in [0.2, 0.25) is 11.8 Å². The molecule has 0 radical (unpaired) electrons. The molecule has 2 atom stereocenters. The Morgan fingerprint density at radius 3 is 2.50 bits per heavy atom. The number of likely N-dealkylation sites (tertiary alicyclic amines) is 1. The lowest BCUT2D eigenvalue weighted by molar-refractivity contribution is -0.134. The maximum atomic E-state index is 14.0. The van der Waals surface area contributed by atoms with Crippen molar-refractivity contribution in [2.75, 3.05) is 14.1 Å². The third kappa shape index (κ3) is 5.94. The predicted molar refractivity (Wildman–Crippen MR) is 103 cm³/mol. The van der Waals surface area contributed by atoms with Gasteiger partial charge in [-0.3, -0.25) is 19.8 Å². The zero-order valence-corrected chi connectivity index (χ0v) is 17.5. The van der Waals surface area contributed by atoms with E-state index in [4.69, 9.17) is 0 Å². The van der Waals surface area contributed by atoms with Gasteiger partial charge in [0.15, 0.2) is 11.6 Å². The summed E-state index contributed by atoms with van der Waals surface area (Å²) in [5.41, 5.74) is 2.30.